The molecule has 2 aromatic heterocycles. The quantitative estimate of drug-likeness (QED) is 0.296. The van der Waals surface area contributed by atoms with E-state index in [4.69, 9.17) is 21.3 Å². The predicted octanol–water partition coefficient (Wildman–Crippen LogP) is 3.81. The van der Waals surface area contributed by atoms with Crippen LogP contribution in [0.1, 0.15) is 35.7 Å². The van der Waals surface area contributed by atoms with Crippen LogP contribution in [0, 0.1) is 20.4 Å². The van der Waals surface area contributed by atoms with Crippen LogP contribution in [-0.2, 0) is 17.8 Å². The molecule has 13 heteroatoms. The number of halogens is 2. The maximum atomic E-state index is 14.8. The largest absolute Gasteiger partial charge is 0.462 e. The SMILES string of the molecule is [C-]#[N+]C[C@H]1CN(c2nc(OC[C@@H]3CC(C)(F)CN3C)nc3c2CCN(c2c(C)c(C)cc4[nH]ncc24)C3)CCN1C(=O)/C=C/CF. The molecule has 2 saturated heterocycles. The standard InChI is InChI=1S/C33H41F2N9O2/c1-21-13-27-26(16-37-40-27)30(22(21)2)42-10-8-25-28(18-42)38-32(46-19-23-14-33(3,35)20-41(23)5)39-31(25)43-11-12-44(24(17-43)15-36-4)29(45)7-6-9-34/h6-7,13,16,23-24H,8-12,14-15,17-20H2,1-3,5H3,(H,37,40)/b7-6+/t23-,24-,33?/m0/s1. The van der Waals surface area contributed by atoms with Crippen LogP contribution in [0.4, 0.5) is 20.3 Å². The Balaban J connectivity index is 1.33. The first kappa shape index (κ1) is 31.7. The van der Waals surface area contributed by atoms with Gasteiger partial charge in [-0.1, -0.05) is 0 Å². The normalized spacial score (nSPS) is 23.7. The van der Waals surface area contributed by atoms with Gasteiger partial charge in [-0.05, 0) is 57.5 Å². The van der Waals surface area contributed by atoms with Gasteiger partial charge in [0.25, 0.3) is 0 Å². The number of aromatic nitrogens is 4. The first-order valence-electron chi connectivity index (χ1n) is 15.8. The number of aryl methyl sites for hydroxylation is 1. The third-order valence-electron chi connectivity index (χ3n) is 9.56. The van der Waals surface area contributed by atoms with Gasteiger partial charge >= 0.3 is 6.01 Å². The highest BCUT2D eigenvalue weighted by Gasteiger charge is 2.40. The molecular formula is C33H41F2N9O2. The second kappa shape index (κ2) is 12.8. The van der Waals surface area contributed by atoms with E-state index >= 15 is 0 Å². The summed E-state index contributed by atoms with van der Waals surface area (Å²) in [5, 5.41) is 8.46. The number of ether oxygens (including phenoxy) is 1. The monoisotopic (exact) mass is 633 g/mol. The van der Waals surface area contributed by atoms with E-state index in [1.54, 1.807) is 11.8 Å². The summed E-state index contributed by atoms with van der Waals surface area (Å²) in [6, 6.07) is 1.87. The summed E-state index contributed by atoms with van der Waals surface area (Å²) in [5.74, 6) is 0.445. The number of anilines is 2. The molecule has 0 radical (unpaired) electrons. The van der Waals surface area contributed by atoms with Gasteiger partial charge in [-0.3, -0.25) is 14.8 Å². The molecule has 1 amide bonds. The molecule has 0 spiro atoms. The molecule has 11 nitrogen and oxygen atoms in total. The van der Waals surface area contributed by atoms with Crippen molar-refractivity contribution in [3.05, 3.63) is 58.2 Å². The van der Waals surface area contributed by atoms with E-state index in [0.29, 0.717) is 45.6 Å². The number of aromatic amines is 1. The molecule has 2 fully saturated rings. The molecule has 3 aromatic rings. The number of carbonyl (C=O) groups is 1. The van der Waals surface area contributed by atoms with Gasteiger partial charge in [0.1, 0.15) is 30.8 Å². The van der Waals surface area contributed by atoms with Crippen LogP contribution in [0.25, 0.3) is 15.7 Å². The summed E-state index contributed by atoms with van der Waals surface area (Å²) in [6.45, 7) is 15.9. The molecule has 0 bridgehead atoms. The summed E-state index contributed by atoms with van der Waals surface area (Å²) in [4.78, 5) is 34.3. The maximum Gasteiger partial charge on any atom is 0.318 e. The summed E-state index contributed by atoms with van der Waals surface area (Å²) < 4.78 is 33.7. The number of nitrogens with one attached hydrogen (secondary N) is 1. The summed E-state index contributed by atoms with van der Waals surface area (Å²) in [6.07, 6.45) is 5.36. The lowest BCUT2D eigenvalue weighted by Crippen LogP contribution is -2.56. The molecule has 6 rings (SSSR count). The van der Waals surface area contributed by atoms with E-state index in [0.717, 1.165) is 40.2 Å². The molecule has 46 heavy (non-hydrogen) atoms. The fourth-order valence-electron chi connectivity index (χ4n) is 7.18. The van der Waals surface area contributed by atoms with Gasteiger partial charge in [-0.2, -0.15) is 15.1 Å². The third-order valence-corrected chi connectivity index (χ3v) is 9.56. The van der Waals surface area contributed by atoms with Gasteiger partial charge in [0.05, 0.1) is 29.6 Å². The number of hydrogen-bond donors (Lipinski definition) is 1. The van der Waals surface area contributed by atoms with Crippen molar-refractivity contribution in [3.8, 4) is 6.01 Å². The molecule has 244 valence electrons. The third kappa shape index (κ3) is 6.23. The molecule has 3 aliphatic rings. The molecular weight excluding hydrogens is 592 g/mol. The van der Waals surface area contributed by atoms with Crippen molar-refractivity contribution >= 4 is 28.3 Å². The van der Waals surface area contributed by atoms with Crippen molar-refractivity contribution < 1.29 is 18.3 Å². The lowest BCUT2D eigenvalue weighted by Gasteiger charge is -2.41. The number of amides is 1. The number of allylic oxidation sites excluding steroid dienone is 1. The Morgan fingerprint density at radius 1 is 1.24 bits per heavy atom. The average molecular weight is 634 g/mol. The molecule has 3 aliphatic heterocycles. The van der Waals surface area contributed by atoms with E-state index < -0.39 is 12.3 Å². The van der Waals surface area contributed by atoms with E-state index in [1.807, 2.05) is 18.1 Å². The lowest BCUT2D eigenvalue weighted by molar-refractivity contribution is -0.128. The van der Waals surface area contributed by atoms with Gasteiger partial charge in [0.2, 0.25) is 12.5 Å². The first-order valence-corrected chi connectivity index (χ1v) is 15.8. The highest BCUT2D eigenvalue weighted by Crippen LogP contribution is 2.37. The van der Waals surface area contributed by atoms with Gasteiger partial charge in [-0.15, -0.1) is 0 Å². The second-order valence-electron chi connectivity index (χ2n) is 13.0. The van der Waals surface area contributed by atoms with Crippen molar-refractivity contribution in [3.63, 3.8) is 0 Å². The number of rotatable bonds is 8. The van der Waals surface area contributed by atoms with Gasteiger partial charge in [0.15, 0.2) is 0 Å². The van der Waals surface area contributed by atoms with E-state index in [-0.39, 0.29) is 37.2 Å². The van der Waals surface area contributed by atoms with Crippen molar-refractivity contribution in [1.29, 1.82) is 0 Å². The lowest BCUT2D eigenvalue weighted by atomic mass is 9.99. The average Bonchev–Trinajstić information content (AvgIpc) is 3.60. The number of likely N-dealkylation sites (N-methyl/N-ethyl adjacent to an activating group) is 1. The van der Waals surface area contributed by atoms with Gasteiger partial charge in [0, 0.05) is 62.2 Å². The molecule has 1 unspecified atom stereocenters. The summed E-state index contributed by atoms with van der Waals surface area (Å²) in [5.41, 5.74) is 5.06. The zero-order valence-electron chi connectivity index (χ0n) is 26.9. The number of nitrogens with zero attached hydrogens (tertiary/aromatic N) is 8. The Kier molecular flexibility index (Phi) is 8.83. The fourth-order valence-corrected chi connectivity index (χ4v) is 7.18. The Morgan fingerprint density at radius 2 is 2.07 bits per heavy atom. The number of carbonyl (C=O) groups excluding carboxylic acids is 1. The minimum absolute atomic E-state index is 0.103. The number of H-pyrrole nitrogens is 1. The number of fused-ring (bicyclic) bond motifs is 2. The molecule has 0 aliphatic carbocycles. The minimum atomic E-state index is -1.27. The van der Waals surface area contributed by atoms with Crippen molar-refractivity contribution in [2.75, 3.05) is 69.4 Å². The number of piperazine rings is 1. The Labute approximate surface area is 268 Å². The van der Waals surface area contributed by atoms with Gasteiger partial charge < -0.3 is 24.3 Å². The molecule has 3 atom stereocenters. The van der Waals surface area contributed by atoms with E-state index in [9.17, 15) is 13.6 Å². The predicted molar refractivity (Wildman–Crippen MR) is 173 cm³/mol. The highest BCUT2D eigenvalue weighted by molar-refractivity contribution is 5.94. The molecule has 5 heterocycles. The Hall–Kier alpha value is -4.31. The minimum Gasteiger partial charge on any atom is -0.462 e. The van der Waals surface area contributed by atoms with Crippen LogP contribution in [0.3, 0.4) is 0 Å². The van der Waals surface area contributed by atoms with Crippen molar-refractivity contribution in [2.45, 2.75) is 57.9 Å². The van der Waals surface area contributed by atoms with Crippen LogP contribution >= 0.6 is 0 Å². The van der Waals surface area contributed by atoms with Gasteiger partial charge in [-0.25, -0.2) is 15.4 Å². The zero-order chi connectivity index (χ0) is 32.6. The smallest absolute Gasteiger partial charge is 0.318 e. The topological polar surface area (TPSA) is 98.1 Å². The number of benzene rings is 1. The highest BCUT2D eigenvalue weighted by atomic mass is 19.1. The van der Waals surface area contributed by atoms with Crippen molar-refractivity contribution in [1.82, 2.24) is 30.0 Å². The van der Waals surface area contributed by atoms with E-state index in [2.05, 4.69) is 44.8 Å². The molecule has 0 saturated carbocycles. The van der Waals surface area contributed by atoms with Crippen LogP contribution in [0.2, 0.25) is 0 Å². The van der Waals surface area contributed by atoms with E-state index in [1.165, 1.54) is 23.3 Å². The number of hydrogen-bond acceptors (Lipinski definition) is 8. The second-order valence-corrected chi connectivity index (χ2v) is 13.0. The number of likely N-dealkylation sites (tertiary alicyclic amines) is 1. The number of alkyl halides is 2. The molecule has 1 N–H and O–H groups in total. The summed E-state index contributed by atoms with van der Waals surface area (Å²) in [7, 11) is 1.90. The van der Waals surface area contributed by atoms with Crippen LogP contribution in [0.5, 0.6) is 6.01 Å². The van der Waals surface area contributed by atoms with Crippen molar-refractivity contribution in [2.24, 2.45) is 0 Å². The summed E-state index contributed by atoms with van der Waals surface area (Å²) >= 11 is 0. The van der Waals surface area contributed by atoms with Crippen LogP contribution in [0.15, 0.2) is 24.4 Å². The Bertz CT molecular complexity index is 1680. The fraction of sp³-hybridized carbons (Fsp3) is 0.545. The van der Waals surface area contributed by atoms with Crippen LogP contribution in [-0.4, -0.2) is 113 Å². The maximum absolute atomic E-state index is 14.8. The van der Waals surface area contributed by atoms with Crippen LogP contribution < -0.4 is 14.5 Å². The molecule has 1 aromatic carbocycles. The zero-order valence-corrected chi connectivity index (χ0v) is 26.9. The Morgan fingerprint density at radius 3 is 2.80 bits per heavy atom. The first-order chi connectivity index (χ1) is 22.1.